The minimum absolute atomic E-state index is 0.116. The average Bonchev–Trinajstić information content (AvgIpc) is 2.69. The van der Waals surface area contributed by atoms with Gasteiger partial charge >= 0.3 is 5.97 Å². The number of carbonyl (C=O) groups excluding carboxylic acids is 2. The fourth-order valence-corrected chi connectivity index (χ4v) is 2.47. The highest BCUT2D eigenvalue weighted by atomic mass is 16.6. The van der Waals surface area contributed by atoms with Crippen LogP contribution in [0.2, 0.25) is 0 Å². The van der Waals surface area contributed by atoms with Crippen LogP contribution in [0, 0.1) is 6.92 Å². The molecule has 3 aromatic rings. The number of amides is 1. The maximum atomic E-state index is 12.6. The minimum atomic E-state index is -0.988. The second-order valence-corrected chi connectivity index (χ2v) is 6.18. The molecule has 1 N–H and O–H groups in total. The molecule has 0 saturated heterocycles. The molecule has 1 aromatic heterocycles. The maximum Gasteiger partial charge on any atom is 0.344 e. The molecule has 1 amide bonds. The first kappa shape index (κ1) is 19.1. The summed E-state index contributed by atoms with van der Waals surface area (Å²) in [5.74, 6) is -0.454. The summed E-state index contributed by atoms with van der Waals surface area (Å²) < 4.78 is 11.0. The van der Waals surface area contributed by atoms with Gasteiger partial charge in [-0.25, -0.2) is 9.78 Å². The van der Waals surface area contributed by atoms with E-state index in [-0.39, 0.29) is 11.4 Å². The molecule has 1 unspecified atom stereocenters. The second kappa shape index (κ2) is 8.81. The van der Waals surface area contributed by atoms with Crippen molar-refractivity contribution in [3.05, 3.63) is 84.1 Å². The minimum Gasteiger partial charge on any atom is -0.449 e. The summed E-state index contributed by atoms with van der Waals surface area (Å²) in [5.41, 5.74) is 1.80. The Morgan fingerprint density at radius 1 is 1.00 bits per heavy atom. The largest absolute Gasteiger partial charge is 0.449 e. The van der Waals surface area contributed by atoms with Crippen molar-refractivity contribution in [1.29, 1.82) is 0 Å². The third-order valence-corrected chi connectivity index (χ3v) is 3.89. The molecule has 28 heavy (non-hydrogen) atoms. The summed E-state index contributed by atoms with van der Waals surface area (Å²) in [7, 11) is 0. The lowest BCUT2D eigenvalue weighted by Crippen LogP contribution is -2.30. The number of esters is 1. The van der Waals surface area contributed by atoms with Crippen LogP contribution in [-0.2, 0) is 9.53 Å². The molecule has 0 radical (unpaired) electrons. The molecule has 0 aliphatic carbocycles. The zero-order valence-corrected chi connectivity index (χ0v) is 15.6. The fourth-order valence-electron chi connectivity index (χ4n) is 2.47. The van der Waals surface area contributed by atoms with Crippen molar-refractivity contribution >= 4 is 17.6 Å². The van der Waals surface area contributed by atoms with Gasteiger partial charge in [-0.3, -0.25) is 4.79 Å². The van der Waals surface area contributed by atoms with Crippen LogP contribution in [0.1, 0.15) is 22.8 Å². The Morgan fingerprint density at radius 2 is 1.79 bits per heavy atom. The van der Waals surface area contributed by atoms with Crippen LogP contribution in [0.15, 0.2) is 72.9 Å². The van der Waals surface area contributed by atoms with Gasteiger partial charge in [-0.05, 0) is 55.8 Å². The van der Waals surface area contributed by atoms with Gasteiger partial charge in [0, 0.05) is 11.9 Å². The van der Waals surface area contributed by atoms with Gasteiger partial charge < -0.3 is 14.8 Å². The Morgan fingerprint density at radius 3 is 2.54 bits per heavy atom. The number of rotatable bonds is 6. The van der Waals surface area contributed by atoms with Crippen molar-refractivity contribution < 1.29 is 19.1 Å². The Hall–Kier alpha value is -3.67. The Kier molecular flexibility index (Phi) is 6.01. The quantitative estimate of drug-likeness (QED) is 0.647. The monoisotopic (exact) mass is 376 g/mol. The summed E-state index contributed by atoms with van der Waals surface area (Å²) in [6, 6.07) is 19.5. The molecule has 0 saturated carbocycles. The molecule has 0 bridgehead atoms. The molecule has 2 aromatic carbocycles. The van der Waals surface area contributed by atoms with E-state index in [1.54, 1.807) is 30.3 Å². The molecule has 6 heteroatoms. The number of aromatic nitrogens is 1. The Bertz CT molecular complexity index is 973. The van der Waals surface area contributed by atoms with Crippen molar-refractivity contribution in [2.24, 2.45) is 0 Å². The SMILES string of the molecule is Cc1cccc(NC(=O)C(C)OC(=O)c2cccnc2Oc2ccccc2)c1. The number of hydrogen-bond donors (Lipinski definition) is 1. The van der Waals surface area contributed by atoms with Crippen LogP contribution in [0.3, 0.4) is 0 Å². The number of aryl methyl sites for hydroxylation is 1. The molecule has 1 heterocycles. The smallest absolute Gasteiger partial charge is 0.344 e. The van der Waals surface area contributed by atoms with Gasteiger partial charge in [-0.1, -0.05) is 30.3 Å². The molecule has 0 aliphatic heterocycles. The average molecular weight is 376 g/mol. The predicted octanol–water partition coefficient (Wildman–Crippen LogP) is 4.37. The van der Waals surface area contributed by atoms with E-state index in [9.17, 15) is 9.59 Å². The van der Waals surface area contributed by atoms with Gasteiger partial charge in [0.25, 0.3) is 5.91 Å². The lowest BCUT2D eigenvalue weighted by Gasteiger charge is -2.15. The predicted molar refractivity (Wildman–Crippen MR) is 105 cm³/mol. The number of carbonyl (C=O) groups is 2. The molecule has 0 aliphatic rings. The van der Waals surface area contributed by atoms with Crippen molar-refractivity contribution in [1.82, 2.24) is 4.98 Å². The van der Waals surface area contributed by atoms with E-state index in [0.29, 0.717) is 11.4 Å². The zero-order valence-electron chi connectivity index (χ0n) is 15.6. The lowest BCUT2D eigenvalue weighted by molar-refractivity contribution is -0.123. The van der Waals surface area contributed by atoms with Crippen LogP contribution < -0.4 is 10.1 Å². The molecule has 3 rings (SSSR count). The summed E-state index contributed by atoms with van der Waals surface area (Å²) in [6.07, 6.45) is 0.529. The van der Waals surface area contributed by atoms with Crippen LogP contribution in [0.25, 0.3) is 0 Å². The van der Waals surface area contributed by atoms with E-state index < -0.39 is 18.0 Å². The van der Waals surface area contributed by atoms with Crippen molar-refractivity contribution in [3.8, 4) is 11.6 Å². The number of benzene rings is 2. The molecular weight excluding hydrogens is 356 g/mol. The van der Waals surface area contributed by atoms with E-state index in [0.717, 1.165) is 5.56 Å². The standard InChI is InChI=1S/C22H20N2O4/c1-15-8-6-9-17(14-15)24-20(25)16(2)27-22(26)19-12-7-13-23-21(19)28-18-10-4-3-5-11-18/h3-14,16H,1-2H3,(H,24,25). The molecule has 6 nitrogen and oxygen atoms in total. The molecule has 1 atom stereocenters. The van der Waals surface area contributed by atoms with Crippen LogP contribution >= 0.6 is 0 Å². The Balaban J connectivity index is 1.68. The first-order chi connectivity index (χ1) is 13.5. The van der Waals surface area contributed by atoms with Crippen molar-refractivity contribution in [2.45, 2.75) is 20.0 Å². The van der Waals surface area contributed by atoms with E-state index in [4.69, 9.17) is 9.47 Å². The van der Waals surface area contributed by atoms with Crippen LogP contribution in [0.4, 0.5) is 5.69 Å². The molecule has 0 fully saturated rings. The number of ether oxygens (including phenoxy) is 2. The van der Waals surface area contributed by atoms with E-state index in [1.807, 2.05) is 43.3 Å². The summed E-state index contributed by atoms with van der Waals surface area (Å²) in [5, 5.41) is 2.73. The van der Waals surface area contributed by atoms with E-state index >= 15 is 0 Å². The van der Waals surface area contributed by atoms with Crippen molar-refractivity contribution in [3.63, 3.8) is 0 Å². The highest BCUT2D eigenvalue weighted by Gasteiger charge is 2.22. The molecule has 0 spiro atoms. The van der Waals surface area contributed by atoms with Crippen LogP contribution in [-0.4, -0.2) is 23.0 Å². The van der Waals surface area contributed by atoms with Gasteiger partial charge in [0.2, 0.25) is 5.88 Å². The number of hydrogen-bond acceptors (Lipinski definition) is 5. The normalized spacial score (nSPS) is 11.4. The summed E-state index contributed by atoms with van der Waals surface area (Å²) in [6.45, 7) is 3.44. The van der Waals surface area contributed by atoms with Gasteiger partial charge in [-0.15, -0.1) is 0 Å². The second-order valence-electron chi connectivity index (χ2n) is 6.18. The van der Waals surface area contributed by atoms with Gasteiger partial charge in [-0.2, -0.15) is 0 Å². The molecule has 142 valence electrons. The van der Waals surface area contributed by atoms with Crippen molar-refractivity contribution in [2.75, 3.05) is 5.32 Å². The highest BCUT2D eigenvalue weighted by Crippen LogP contribution is 2.23. The lowest BCUT2D eigenvalue weighted by atomic mass is 10.2. The Labute approximate surface area is 163 Å². The maximum absolute atomic E-state index is 12.6. The third kappa shape index (κ3) is 4.94. The first-order valence-electron chi connectivity index (χ1n) is 8.79. The number of anilines is 1. The molecular formula is C22H20N2O4. The topological polar surface area (TPSA) is 77.5 Å². The summed E-state index contributed by atoms with van der Waals surface area (Å²) >= 11 is 0. The number of para-hydroxylation sites is 1. The zero-order chi connectivity index (χ0) is 19.9. The van der Waals surface area contributed by atoms with Gasteiger partial charge in [0.05, 0.1) is 0 Å². The number of nitrogens with zero attached hydrogens (tertiary/aromatic N) is 1. The van der Waals surface area contributed by atoms with Crippen LogP contribution in [0.5, 0.6) is 11.6 Å². The van der Waals surface area contributed by atoms with Gasteiger partial charge in [0.15, 0.2) is 6.10 Å². The summed E-state index contributed by atoms with van der Waals surface area (Å²) in [4.78, 5) is 29.0. The fraction of sp³-hybridized carbons (Fsp3) is 0.136. The van der Waals surface area contributed by atoms with E-state index in [1.165, 1.54) is 13.1 Å². The number of nitrogens with one attached hydrogen (secondary N) is 1. The third-order valence-electron chi connectivity index (χ3n) is 3.89. The van der Waals surface area contributed by atoms with E-state index in [2.05, 4.69) is 10.3 Å². The number of pyridine rings is 1. The highest BCUT2D eigenvalue weighted by molar-refractivity contribution is 5.98. The first-order valence-corrected chi connectivity index (χ1v) is 8.79. The van der Waals surface area contributed by atoms with Gasteiger partial charge in [0.1, 0.15) is 11.3 Å².